The van der Waals surface area contributed by atoms with Gasteiger partial charge in [0, 0.05) is 17.3 Å². The summed E-state index contributed by atoms with van der Waals surface area (Å²) in [5.41, 5.74) is 2.79. The highest BCUT2D eigenvalue weighted by atomic mass is 35.5. The SMILES string of the molecule is Cc1nn(Cc2ccc([N+](=O)[O-])c(F)c2)c(C)c1CCl. The highest BCUT2D eigenvalue weighted by molar-refractivity contribution is 6.17. The summed E-state index contributed by atoms with van der Waals surface area (Å²) in [4.78, 5) is 9.82. The van der Waals surface area contributed by atoms with E-state index in [4.69, 9.17) is 11.6 Å². The fourth-order valence-corrected chi connectivity index (χ4v) is 2.44. The molecule has 7 heteroatoms. The van der Waals surface area contributed by atoms with E-state index in [1.807, 2.05) is 13.8 Å². The molecule has 0 saturated heterocycles. The van der Waals surface area contributed by atoms with Crippen molar-refractivity contribution >= 4 is 17.3 Å². The summed E-state index contributed by atoms with van der Waals surface area (Å²) in [6, 6.07) is 3.85. The summed E-state index contributed by atoms with van der Waals surface area (Å²) in [6.07, 6.45) is 0. The van der Waals surface area contributed by atoms with Crippen LogP contribution in [0.2, 0.25) is 0 Å². The van der Waals surface area contributed by atoms with Crippen LogP contribution in [0.5, 0.6) is 0 Å². The second-order valence-electron chi connectivity index (χ2n) is 4.48. The highest BCUT2D eigenvalue weighted by Crippen LogP contribution is 2.20. The van der Waals surface area contributed by atoms with Crippen LogP contribution in [0.4, 0.5) is 10.1 Å². The third-order valence-electron chi connectivity index (χ3n) is 3.21. The summed E-state index contributed by atoms with van der Waals surface area (Å²) in [6.45, 7) is 4.09. The van der Waals surface area contributed by atoms with Crippen LogP contribution in [0.3, 0.4) is 0 Å². The Kier molecular flexibility index (Phi) is 4.04. The van der Waals surface area contributed by atoms with Gasteiger partial charge in [0.05, 0.1) is 23.0 Å². The van der Waals surface area contributed by atoms with Crippen molar-refractivity contribution in [3.05, 3.63) is 56.6 Å². The standard InChI is InChI=1S/C13H13ClFN3O2/c1-8-11(6-14)9(2)17(16-8)7-10-3-4-13(18(19)20)12(15)5-10/h3-5H,6-7H2,1-2H3. The summed E-state index contributed by atoms with van der Waals surface area (Å²) in [5.74, 6) is -0.474. The van der Waals surface area contributed by atoms with E-state index >= 15 is 0 Å². The number of hydrogen-bond acceptors (Lipinski definition) is 3. The normalized spacial score (nSPS) is 10.8. The van der Waals surface area contributed by atoms with Gasteiger partial charge in [-0.15, -0.1) is 11.6 Å². The quantitative estimate of drug-likeness (QED) is 0.494. The summed E-state index contributed by atoms with van der Waals surface area (Å²) >= 11 is 5.85. The van der Waals surface area contributed by atoms with Gasteiger partial charge in [0.1, 0.15) is 0 Å². The predicted octanol–water partition coefficient (Wildman–Crippen LogP) is 3.33. The summed E-state index contributed by atoms with van der Waals surface area (Å²) in [7, 11) is 0. The Labute approximate surface area is 120 Å². The molecule has 0 radical (unpaired) electrons. The molecule has 1 aromatic carbocycles. The van der Waals surface area contributed by atoms with E-state index in [0.29, 0.717) is 18.0 Å². The van der Waals surface area contributed by atoms with Gasteiger partial charge < -0.3 is 0 Å². The molecule has 0 bridgehead atoms. The first-order chi connectivity index (χ1) is 9.43. The maximum atomic E-state index is 13.6. The maximum absolute atomic E-state index is 13.6. The molecule has 0 fully saturated rings. The van der Waals surface area contributed by atoms with Gasteiger partial charge in [-0.3, -0.25) is 14.8 Å². The number of nitrogens with zero attached hydrogens (tertiary/aromatic N) is 3. The van der Waals surface area contributed by atoms with Crippen molar-refractivity contribution < 1.29 is 9.31 Å². The van der Waals surface area contributed by atoms with Gasteiger partial charge in [0.2, 0.25) is 5.82 Å². The average molecular weight is 298 g/mol. The van der Waals surface area contributed by atoms with Crippen LogP contribution in [-0.2, 0) is 12.4 Å². The number of rotatable bonds is 4. The average Bonchev–Trinajstić information content (AvgIpc) is 2.63. The predicted molar refractivity (Wildman–Crippen MR) is 73.4 cm³/mol. The Hall–Kier alpha value is -1.95. The first-order valence-corrected chi connectivity index (χ1v) is 6.49. The number of nitro groups is 1. The van der Waals surface area contributed by atoms with Gasteiger partial charge in [-0.25, -0.2) is 0 Å². The molecule has 0 aliphatic heterocycles. The second kappa shape index (κ2) is 5.58. The zero-order chi connectivity index (χ0) is 14.9. The van der Waals surface area contributed by atoms with Crippen molar-refractivity contribution in [2.75, 3.05) is 0 Å². The Morgan fingerprint density at radius 1 is 1.45 bits per heavy atom. The molecular weight excluding hydrogens is 285 g/mol. The molecule has 106 valence electrons. The molecular formula is C13H13ClFN3O2. The second-order valence-corrected chi connectivity index (χ2v) is 4.75. The Bertz CT molecular complexity index is 670. The lowest BCUT2D eigenvalue weighted by Gasteiger charge is -2.05. The van der Waals surface area contributed by atoms with Gasteiger partial charge >= 0.3 is 5.69 Å². The Morgan fingerprint density at radius 3 is 2.65 bits per heavy atom. The fourth-order valence-electron chi connectivity index (χ4n) is 2.05. The van der Waals surface area contributed by atoms with E-state index in [1.165, 1.54) is 12.1 Å². The van der Waals surface area contributed by atoms with Crippen LogP contribution in [0.15, 0.2) is 18.2 Å². The van der Waals surface area contributed by atoms with Gasteiger partial charge in [0.25, 0.3) is 0 Å². The largest absolute Gasteiger partial charge is 0.304 e. The van der Waals surface area contributed by atoms with Crippen LogP contribution in [0.25, 0.3) is 0 Å². The number of aryl methyl sites for hydroxylation is 1. The molecule has 1 heterocycles. The number of benzene rings is 1. The van der Waals surface area contributed by atoms with Crippen LogP contribution in [-0.4, -0.2) is 14.7 Å². The van der Waals surface area contributed by atoms with Gasteiger partial charge in [0.15, 0.2) is 0 Å². The van der Waals surface area contributed by atoms with Gasteiger partial charge in [-0.1, -0.05) is 6.07 Å². The van der Waals surface area contributed by atoms with E-state index < -0.39 is 16.4 Å². The lowest BCUT2D eigenvalue weighted by Crippen LogP contribution is -2.05. The van der Waals surface area contributed by atoms with E-state index in [0.717, 1.165) is 23.0 Å². The van der Waals surface area contributed by atoms with E-state index in [-0.39, 0.29) is 0 Å². The van der Waals surface area contributed by atoms with Crippen molar-refractivity contribution in [1.29, 1.82) is 0 Å². The van der Waals surface area contributed by atoms with Gasteiger partial charge in [-0.05, 0) is 25.5 Å². The Morgan fingerprint density at radius 2 is 2.15 bits per heavy atom. The lowest BCUT2D eigenvalue weighted by molar-refractivity contribution is -0.387. The van der Waals surface area contributed by atoms with E-state index in [9.17, 15) is 14.5 Å². The van der Waals surface area contributed by atoms with Crippen molar-refractivity contribution in [1.82, 2.24) is 9.78 Å². The number of halogens is 2. The molecule has 0 spiro atoms. The van der Waals surface area contributed by atoms with Crippen molar-refractivity contribution in [3.63, 3.8) is 0 Å². The Balaban J connectivity index is 2.31. The molecule has 0 aliphatic rings. The minimum Gasteiger partial charge on any atom is -0.265 e. The minimum absolute atomic E-state index is 0.346. The van der Waals surface area contributed by atoms with E-state index in [1.54, 1.807) is 4.68 Å². The first-order valence-electron chi connectivity index (χ1n) is 5.95. The first kappa shape index (κ1) is 14.5. The molecule has 0 saturated carbocycles. The zero-order valence-corrected chi connectivity index (χ0v) is 11.8. The molecule has 1 aromatic heterocycles. The molecule has 20 heavy (non-hydrogen) atoms. The van der Waals surface area contributed by atoms with E-state index in [2.05, 4.69) is 5.10 Å². The van der Waals surface area contributed by atoms with Crippen molar-refractivity contribution in [2.24, 2.45) is 0 Å². The molecule has 5 nitrogen and oxygen atoms in total. The van der Waals surface area contributed by atoms with Gasteiger partial charge in [-0.2, -0.15) is 9.49 Å². The number of alkyl halides is 1. The van der Waals surface area contributed by atoms with Crippen LogP contribution >= 0.6 is 11.6 Å². The monoisotopic (exact) mass is 297 g/mol. The van der Waals surface area contributed by atoms with Crippen LogP contribution in [0, 0.1) is 29.8 Å². The molecule has 0 atom stereocenters. The number of hydrogen-bond donors (Lipinski definition) is 0. The topological polar surface area (TPSA) is 61.0 Å². The summed E-state index contributed by atoms with van der Waals surface area (Å²) < 4.78 is 15.3. The number of nitro benzene ring substituents is 1. The highest BCUT2D eigenvalue weighted by Gasteiger charge is 2.15. The molecule has 2 aromatic rings. The zero-order valence-electron chi connectivity index (χ0n) is 11.1. The fraction of sp³-hybridized carbons (Fsp3) is 0.308. The minimum atomic E-state index is -0.841. The molecule has 0 unspecified atom stereocenters. The molecule has 0 aliphatic carbocycles. The van der Waals surface area contributed by atoms with Crippen LogP contribution < -0.4 is 0 Å². The van der Waals surface area contributed by atoms with Crippen molar-refractivity contribution in [2.45, 2.75) is 26.3 Å². The van der Waals surface area contributed by atoms with Crippen LogP contribution in [0.1, 0.15) is 22.5 Å². The third kappa shape index (κ3) is 2.65. The third-order valence-corrected chi connectivity index (χ3v) is 3.47. The van der Waals surface area contributed by atoms with Crippen molar-refractivity contribution in [3.8, 4) is 0 Å². The lowest BCUT2D eigenvalue weighted by atomic mass is 10.2. The summed E-state index contributed by atoms with van der Waals surface area (Å²) in [5, 5.41) is 14.9. The maximum Gasteiger partial charge on any atom is 0.304 e. The molecule has 0 N–H and O–H groups in total. The molecule has 0 amide bonds. The number of aromatic nitrogens is 2. The smallest absolute Gasteiger partial charge is 0.265 e. The molecule has 2 rings (SSSR count).